The Morgan fingerprint density at radius 1 is 0.949 bits per heavy atom. The van der Waals surface area contributed by atoms with Crippen molar-refractivity contribution in [2.24, 2.45) is 0 Å². The zero-order valence-corrected chi connectivity index (χ0v) is 21.7. The number of carbonyl (C=O) groups excluding carboxylic acids is 2. The number of carbonyl (C=O) groups is 2. The summed E-state index contributed by atoms with van der Waals surface area (Å²) >= 11 is 0. The van der Waals surface area contributed by atoms with Crippen molar-refractivity contribution in [2.75, 3.05) is 25.7 Å². The van der Waals surface area contributed by atoms with E-state index in [-0.39, 0.29) is 41.8 Å². The molecule has 3 atom stereocenters. The summed E-state index contributed by atoms with van der Waals surface area (Å²) in [4.78, 5) is 26.3. The molecule has 0 fully saturated rings. The number of nitrogens with zero attached hydrogens (tertiary/aromatic N) is 1. The number of amides is 1. The molecule has 0 spiro atoms. The number of ether oxygens (including phenoxy) is 4. The predicted molar refractivity (Wildman–Crippen MR) is 127 cm³/mol. The van der Waals surface area contributed by atoms with Crippen LogP contribution in [0.2, 0.25) is 0 Å². The zero-order chi connectivity index (χ0) is 29.3. The molecule has 39 heavy (non-hydrogen) atoms. The number of anilines is 1. The molecule has 1 heterocycles. The fraction of sp³-hybridized carbons (Fsp3) is 0.462. The quantitative estimate of drug-likeness (QED) is 0.282. The van der Waals surface area contributed by atoms with Crippen LogP contribution in [0.15, 0.2) is 30.3 Å². The Balaban J connectivity index is 2.31. The molecule has 0 aromatic heterocycles. The monoisotopic (exact) mass is 563 g/mol. The van der Waals surface area contributed by atoms with Crippen molar-refractivity contribution in [3.63, 3.8) is 0 Å². The minimum atomic E-state index is -5.11. The summed E-state index contributed by atoms with van der Waals surface area (Å²) in [6, 6.07) is 3.31. The SMILES string of the molecule is CCOC(=O)N1c2cc(OC)c(OC)cc2C(C(OC(C)=O)c2cc(C(F)(F)F)cc(C(F)(F)F)c2)CC1C. The molecule has 0 bridgehead atoms. The van der Waals surface area contributed by atoms with E-state index in [1.54, 1.807) is 13.8 Å². The molecule has 1 amide bonds. The number of fused-ring (bicyclic) bond motifs is 1. The highest BCUT2D eigenvalue weighted by molar-refractivity contribution is 5.91. The van der Waals surface area contributed by atoms with Gasteiger partial charge in [-0.3, -0.25) is 9.69 Å². The van der Waals surface area contributed by atoms with Crippen molar-refractivity contribution in [1.29, 1.82) is 0 Å². The van der Waals surface area contributed by atoms with E-state index < -0.39 is 59.2 Å². The van der Waals surface area contributed by atoms with Gasteiger partial charge in [0.1, 0.15) is 6.10 Å². The Hall–Kier alpha value is -3.64. The van der Waals surface area contributed by atoms with Crippen molar-refractivity contribution < 1.29 is 54.9 Å². The second kappa shape index (κ2) is 11.2. The third-order valence-corrected chi connectivity index (χ3v) is 6.29. The Bertz CT molecular complexity index is 1200. The molecule has 0 radical (unpaired) electrons. The first-order valence-electron chi connectivity index (χ1n) is 11.8. The second-order valence-electron chi connectivity index (χ2n) is 8.90. The van der Waals surface area contributed by atoms with Crippen LogP contribution < -0.4 is 14.4 Å². The van der Waals surface area contributed by atoms with Gasteiger partial charge in [-0.1, -0.05) is 0 Å². The standard InChI is InChI=1S/C26H27F6NO6/c1-6-38-24(35)33-13(2)7-19(18-11-21(36-4)22(37-5)12-20(18)33)23(39-14(3)34)15-8-16(25(27,28)29)10-17(9-15)26(30,31)32/h8-13,19,23H,6-7H2,1-5H3. The summed E-state index contributed by atoms with van der Waals surface area (Å²) in [5.41, 5.74) is -3.11. The van der Waals surface area contributed by atoms with Gasteiger partial charge in [-0.05, 0) is 55.7 Å². The van der Waals surface area contributed by atoms with Crippen LogP contribution in [-0.2, 0) is 26.6 Å². The molecule has 3 rings (SSSR count). The molecule has 1 aliphatic rings. The fourth-order valence-electron chi connectivity index (χ4n) is 4.69. The van der Waals surface area contributed by atoms with Crippen LogP contribution in [0.5, 0.6) is 11.5 Å². The van der Waals surface area contributed by atoms with Gasteiger partial charge in [0.2, 0.25) is 0 Å². The lowest BCUT2D eigenvalue weighted by Crippen LogP contribution is -2.44. The highest BCUT2D eigenvalue weighted by atomic mass is 19.4. The number of methoxy groups -OCH3 is 2. The van der Waals surface area contributed by atoms with Crippen LogP contribution in [-0.4, -0.2) is 38.9 Å². The van der Waals surface area contributed by atoms with Gasteiger partial charge in [0.25, 0.3) is 0 Å². The number of benzene rings is 2. The molecule has 3 unspecified atom stereocenters. The van der Waals surface area contributed by atoms with Crippen molar-refractivity contribution in [2.45, 2.75) is 57.6 Å². The highest BCUT2D eigenvalue weighted by Crippen LogP contribution is 2.51. The number of hydrogen-bond acceptors (Lipinski definition) is 6. The average Bonchev–Trinajstić information content (AvgIpc) is 2.84. The molecule has 0 aliphatic carbocycles. The summed E-state index contributed by atoms with van der Waals surface area (Å²) in [5.74, 6) is -1.51. The Kier molecular flexibility index (Phi) is 8.61. The highest BCUT2D eigenvalue weighted by Gasteiger charge is 2.43. The minimum Gasteiger partial charge on any atom is -0.493 e. The Morgan fingerprint density at radius 3 is 1.95 bits per heavy atom. The van der Waals surface area contributed by atoms with Gasteiger partial charge in [-0.15, -0.1) is 0 Å². The first-order valence-corrected chi connectivity index (χ1v) is 11.8. The third-order valence-electron chi connectivity index (χ3n) is 6.29. The van der Waals surface area contributed by atoms with E-state index in [1.165, 1.54) is 31.3 Å². The molecule has 0 N–H and O–H groups in total. The van der Waals surface area contributed by atoms with Crippen LogP contribution in [0, 0.1) is 0 Å². The minimum absolute atomic E-state index is 0.00213. The van der Waals surface area contributed by atoms with Gasteiger partial charge in [0.15, 0.2) is 11.5 Å². The lowest BCUT2D eigenvalue weighted by Gasteiger charge is -2.41. The van der Waals surface area contributed by atoms with Crippen LogP contribution in [0.1, 0.15) is 61.5 Å². The number of hydrogen-bond donors (Lipinski definition) is 0. The molecule has 2 aromatic carbocycles. The number of rotatable bonds is 6. The van der Waals surface area contributed by atoms with E-state index in [1.807, 2.05) is 0 Å². The second-order valence-corrected chi connectivity index (χ2v) is 8.90. The summed E-state index contributed by atoms with van der Waals surface area (Å²) in [6.45, 7) is 4.28. The molecule has 0 saturated carbocycles. The molecular formula is C26H27F6NO6. The molecular weight excluding hydrogens is 536 g/mol. The summed E-state index contributed by atoms with van der Waals surface area (Å²) in [5, 5.41) is 0. The van der Waals surface area contributed by atoms with Gasteiger partial charge in [0.05, 0.1) is 37.6 Å². The maximum absolute atomic E-state index is 13.6. The third kappa shape index (κ3) is 6.34. The first-order chi connectivity index (χ1) is 18.1. The van der Waals surface area contributed by atoms with Gasteiger partial charge in [0, 0.05) is 24.9 Å². The van der Waals surface area contributed by atoms with Crippen LogP contribution in [0.3, 0.4) is 0 Å². The molecule has 2 aromatic rings. The van der Waals surface area contributed by atoms with Crippen LogP contribution in [0.25, 0.3) is 0 Å². The van der Waals surface area contributed by atoms with Crippen LogP contribution in [0.4, 0.5) is 36.8 Å². The van der Waals surface area contributed by atoms with Crippen LogP contribution >= 0.6 is 0 Å². The average molecular weight is 563 g/mol. The van der Waals surface area contributed by atoms with Crippen molar-refractivity contribution in [3.8, 4) is 11.5 Å². The van der Waals surface area contributed by atoms with E-state index in [0.717, 1.165) is 6.92 Å². The molecule has 13 heteroatoms. The lowest BCUT2D eigenvalue weighted by atomic mass is 9.79. The van der Waals surface area contributed by atoms with E-state index in [9.17, 15) is 35.9 Å². The number of halogens is 6. The van der Waals surface area contributed by atoms with Gasteiger partial charge < -0.3 is 18.9 Å². The van der Waals surface area contributed by atoms with Crippen molar-refractivity contribution in [1.82, 2.24) is 0 Å². The van der Waals surface area contributed by atoms with E-state index >= 15 is 0 Å². The summed E-state index contributed by atoms with van der Waals surface area (Å²) < 4.78 is 103. The lowest BCUT2D eigenvalue weighted by molar-refractivity contribution is -0.148. The largest absolute Gasteiger partial charge is 0.493 e. The van der Waals surface area contributed by atoms with Gasteiger partial charge in [-0.25, -0.2) is 4.79 Å². The van der Waals surface area contributed by atoms with E-state index in [2.05, 4.69) is 0 Å². The topological polar surface area (TPSA) is 74.3 Å². The van der Waals surface area contributed by atoms with E-state index in [4.69, 9.17) is 18.9 Å². The fourth-order valence-corrected chi connectivity index (χ4v) is 4.69. The van der Waals surface area contributed by atoms with Crippen molar-refractivity contribution in [3.05, 3.63) is 52.6 Å². The maximum Gasteiger partial charge on any atom is 0.416 e. The molecule has 7 nitrogen and oxygen atoms in total. The zero-order valence-electron chi connectivity index (χ0n) is 21.7. The van der Waals surface area contributed by atoms with E-state index in [0.29, 0.717) is 12.1 Å². The predicted octanol–water partition coefficient (Wildman–Crippen LogP) is 6.88. The maximum atomic E-state index is 13.6. The molecule has 0 saturated heterocycles. The number of esters is 1. The molecule has 1 aliphatic heterocycles. The summed E-state index contributed by atoms with van der Waals surface area (Å²) in [6.07, 6.45) is -12.5. The Labute approximate surface area is 220 Å². The molecule has 214 valence electrons. The summed E-state index contributed by atoms with van der Waals surface area (Å²) in [7, 11) is 2.69. The smallest absolute Gasteiger partial charge is 0.416 e. The first kappa shape index (κ1) is 29.9. The normalized spacial score (nSPS) is 18.2. The van der Waals surface area contributed by atoms with Crippen molar-refractivity contribution >= 4 is 17.7 Å². The van der Waals surface area contributed by atoms with Gasteiger partial charge >= 0.3 is 24.4 Å². The number of alkyl halides is 6. The Morgan fingerprint density at radius 2 is 1.49 bits per heavy atom. The van der Waals surface area contributed by atoms with Gasteiger partial charge in [-0.2, -0.15) is 26.3 Å².